The molecule has 0 spiro atoms. The first-order chi connectivity index (χ1) is 10.2. The Hall–Kier alpha value is -1.37. The molecule has 0 aromatic heterocycles. The van der Waals surface area contributed by atoms with Crippen molar-refractivity contribution in [1.82, 2.24) is 4.90 Å². The summed E-state index contributed by atoms with van der Waals surface area (Å²) >= 11 is 0. The molecule has 0 N–H and O–H groups in total. The Morgan fingerprint density at radius 1 is 1.29 bits per heavy atom. The highest BCUT2D eigenvalue weighted by Crippen LogP contribution is 2.39. The minimum atomic E-state index is 0.408. The summed E-state index contributed by atoms with van der Waals surface area (Å²) in [7, 11) is 0. The Bertz CT molecular complexity index is 520. The number of hydrogen-bond donors (Lipinski definition) is 0. The molecule has 2 fully saturated rings. The minimum Gasteiger partial charge on any atom is -0.373 e. The normalized spacial score (nSPS) is 28.8. The van der Waals surface area contributed by atoms with E-state index in [2.05, 4.69) is 24.8 Å². The number of nitrogens with zero attached hydrogens (tertiary/aromatic N) is 2. The smallest absolute Gasteiger partial charge is 0.0991 e. The van der Waals surface area contributed by atoms with Gasteiger partial charge in [0.1, 0.15) is 0 Å². The average Bonchev–Trinajstić information content (AvgIpc) is 2.73. The average molecular weight is 284 g/mol. The fourth-order valence-electron chi connectivity index (χ4n) is 3.83. The zero-order valence-electron chi connectivity index (χ0n) is 13.0. The van der Waals surface area contributed by atoms with Gasteiger partial charge in [-0.15, -0.1) is 0 Å². The summed E-state index contributed by atoms with van der Waals surface area (Å²) in [4.78, 5) is 2.60. The maximum Gasteiger partial charge on any atom is 0.0991 e. The number of rotatable bonds is 4. The maximum absolute atomic E-state index is 8.96. The molecule has 0 radical (unpaired) electrons. The van der Waals surface area contributed by atoms with Gasteiger partial charge < -0.3 is 9.64 Å². The summed E-state index contributed by atoms with van der Waals surface area (Å²) in [5.74, 6) is 1.37. The van der Waals surface area contributed by atoms with Crippen molar-refractivity contribution in [2.24, 2.45) is 11.8 Å². The highest BCUT2D eigenvalue weighted by atomic mass is 16.5. The second-order valence-electron chi connectivity index (χ2n) is 6.73. The van der Waals surface area contributed by atoms with Gasteiger partial charge in [0.2, 0.25) is 0 Å². The van der Waals surface area contributed by atoms with E-state index >= 15 is 0 Å². The lowest BCUT2D eigenvalue weighted by Gasteiger charge is -2.40. The van der Waals surface area contributed by atoms with Gasteiger partial charge >= 0.3 is 0 Å². The second kappa shape index (κ2) is 6.17. The van der Waals surface area contributed by atoms with E-state index in [-0.39, 0.29) is 0 Å². The Morgan fingerprint density at radius 2 is 2.00 bits per heavy atom. The lowest BCUT2D eigenvalue weighted by molar-refractivity contribution is -0.0564. The van der Waals surface area contributed by atoms with Gasteiger partial charge in [0.15, 0.2) is 0 Å². The van der Waals surface area contributed by atoms with Crippen LogP contribution in [0.3, 0.4) is 0 Å². The van der Waals surface area contributed by atoms with Crippen LogP contribution >= 0.6 is 0 Å². The van der Waals surface area contributed by atoms with Crippen LogP contribution in [0.25, 0.3) is 0 Å². The molecule has 0 amide bonds. The number of piperidine rings is 1. The van der Waals surface area contributed by atoms with Crippen LogP contribution in [0.2, 0.25) is 0 Å². The number of fused-ring (bicyclic) bond motifs is 2. The summed E-state index contributed by atoms with van der Waals surface area (Å²) in [6.45, 7) is 7.56. The van der Waals surface area contributed by atoms with E-state index in [0.29, 0.717) is 36.2 Å². The van der Waals surface area contributed by atoms with Crippen molar-refractivity contribution in [3.63, 3.8) is 0 Å². The molecule has 21 heavy (non-hydrogen) atoms. The van der Waals surface area contributed by atoms with Crippen molar-refractivity contribution in [2.75, 3.05) is 13.1 Å². The fraction of sp³-hybridized carbons (Fsp3) is 0.611. The van der Waals surface area contributed by atoms with Crippen LogP contribution in [0.4, 0.5) is 0 Å². The van der Waals surface area contributed by atoms with Gasteiger partial charge in [-0.2, -0.15) is 5.26 Å². The first-order valence-electron chi connectivity index (χ1n) is 8.02. The molecule has 3 heteroatoms. The molecular formula is C18H24N2O. The molecule has 1 heterocycles. The first-order valence-corrected chi connectivity index (χ1v) is 8.02. The third-order valence-electron chi connectivity index (χ3n) is 5.00. The summed E-state index contributed by atoms with van der Waals surface area (Å²) in [5, 5.41) is 8.96. The molecule has 3 atom stereocenters. The van der Waals surface area contributed by atoms with Gasteiger partial charge in [-0.25, -0.2) is 0 Å². The minimum absolute atomic E-state index is 0.408. The molecule has 1 aromatic rings. The van der Waals surface area contributed by atoms with Crippen LogP contribution in [0.5, 0.6) is 0 Å². The molecule has 112 valence electrons. The molecule has 1 aromatic carbocycles. The molecule has 1 saturated heterocycles. The predicted molar refractivity (Wildman–Crippen MR) is 82.7 cm³/mol. The highest BCUT2D eigenvalue weighted by molar-refractivity contribution is 5.32. The Kier molecular flexibility index (Phi) is 4.28. The number of ether oxygens (including phenoxy) is 1. The van der Waals surface area contributed by atoms with E-state index in [1.807, 2.05) is 24.3 Å². The van der Waals surface area contributed by atoms with Crippen LogP contribution in [-0.4, -0.2) is 30.1 Å². The quantitative estimate of drug-likeness (QED) is 0.852. The van der Waals surface area contributed by atoms with Crippen molar-refractivity contribution in [3.8, 4) is 6.07 Å². The molecule has 1 aliphatic heterocycles. The Morgan fingerprint density at radius 3 is 2.62 bits per heavy atom. The lowest BCUT2D eigenvalue weighted by Crippen LogP contribution is -2.48. The van der Waals surface area contributed by atoms with Crippen molar-refractivity contribution in [2.45, 2.75) is 45.4 Å². The van der Waals surface area contributed by atoms with Crippen LogP contribution < -0.4 is 0 Å². The lowest BCUT2D eigenvalue weighted by atomic mass is 9.94. The van der Waals surface area contributed by atoms with Gasteiger partial charge in [0, 0.05) is 19.1 Å². The molecule has 1 aliphatic carbocycles. The Labute approximate surface area is 127 Å². The largest absolute Gasteiger partial charge is 0.373 e. The zero-order valence-corrected chi connectivity index (χ0v) is 13.0. The molecule has 2 bridgehead atoms. The van der Waals surface area contributed by atoms with Crippen molar-refractivity contribution in [3.05, 3.63) is 35.4 Å². The zero-order chi connectivity index (χ0) is 14.8. The van der Waals surface area contributed by atoms with E-state index in [9.17, 15) is 0 Å². The van der Waals surface area contributed by atoms with Gasteiger partial charge in [-0.3, -0.25) is 0 Å². The standard InChI is InChI=1S/C18H24N2O/c1-13(2)20-10-16-6-7-17(11-20)18(16)21-12-15-5-3-4-14(8-15)9-19/h3-5,8,13,16-18H,6-7,10-12H2,1-2H3/t16-,17+,18+. The summed E-state index contributed by atoms with van der Waals surface area (Å²) < 4.78 is 6.25. The Balaban J connectivity index is 1.60. The van der Waals surface area contributed by atoms with Gasteiger partial charge in [0.05, 0.1) is 24.3 Å². The second-order valence-corrected chi connectivity index (χ2v) is 6.73. The van der Waals surface area contributed by atoms with Crippen LogP contribution in [0, 0.1) is 23.2 Å². The highest BCUT2D eigenvalue weighted by Gasteiger charge is 2.43. The summed E-state index contributed by atoms with van der Waals surface area (Å²) in [6, 6.07) is 10.6. The molecule has 1 saturated carbocycles. The van der Waals surface area contributed by atoms with Gasteiger partial charge in [-0.1, -0.05) is 12.1 Å². The van der Waals surface area contributed by atoms with Gasteiger partial charge in [0.25, 0.3) is 0 Å². The number of likely N-dealkylation sites (tertiary alicyclic amines) is 1. The van der Waals surface area contributed by atoms with E-state index < -0.39 is 0 Å². The molecule has 3 rings (SSSR count). The van der Waals surface area contributed by atoms with Crippen molar-refractivity contribution in [1.29, 1.82) is 5.26 Å². The van der Waals surface area contributed by atoms with E-state index in [0.717, 1.165) is 5.56 Å². The monoisotopic (exact) mass is 284 g/mol. The van der Waals surface area contributed by atoms with Crippen LogP contribution in [-0.2, 0) is 11.3 Å². The van der Waals surface area contributed by atoms with E-state index in [4.69, 9.17) is 10.00 Å². The van der Waals surface area contributed by atoms with E-state index in [1.54, 1.807) is 0 Å². The molecule has 0 unspecified atom stereocenters. The third kappa shape index (κ3) is 3.12. The first kappa shape index (κ1) is 14.6. The molecule has 2 aliphatic rings. The number of nitriles is 1. The number of benzene rings is 1. The van der Waals surface area contributed by atoms with E-state index in [1.165, 1.54) is 25.9 Å². The van der Waals surface area contributed by atoms with Crippen molar-refractivity contribution < 1.29 is 4.74 Å². The van der Waals surface area contributed by atoms with Gasteiger partial charge in [-0.05, 0) is 56.2 Å². The SMILES string of the molecule is CC(C)N1C[C@H]2CC[C@@H](C1)[C@H]2OCc1cccc(C#N)c1. The summed E-state index contributed by atoms with van der Waals surface area (Å²) in [5.41, 5.74) is 1.83. The molecular weight excluding hydrogens is 260 g/mol. The number of hydrogen-bond acceptors (Lipinski definition) is 3. The molecule has 3 nitrogen and oxygen atoms in total. The maximum atomic E-state index is 8.96. The third-order valence-corrected chi connectivity index (χ3v) is 5.00. The predicted octanol–water partition coefficient (Wildman–Crippen LogP) is 3.19. The topological polar surface area (TPSA) is 36.3 Å². The van der Waals surface area contributed by atoms with Crippen molar-refractivity contribution >= 4 is 0 Å². The fourth-order valence-corrected chi connectivity index (χ4v) is 3.83. The van der Waals surface area contributed by atoms with Crippen LogP contribution in [0.15, 0.2) is 24.3 Å². The summed E-state index contributed by atoms with van der Waals surface area (Å²) in [6.07, 6.45) is 3.01. The van der Waals surface area contributed by atoms with Crippen LogP contribution in [0.1, 0.15) is 37.8 Å².